The predicted octanol–water partition coefficient (Wildman–Crippen LogP) is 3.69. The molecule has 102 valence electrons. The zero-order valence-corrected chi connectivity index (χ0v) is 12.7. The minimum atomic E-state index is 0.789. The van der Waals surface area contributed by atoms with Crippen molar-refractivity contribution in [3.8, 4) is 10.6 Å². The smallest absolute Gasteiger partial charge is 0.181 e. The summed E-state index contributed by atoms with van der Waals surface area (Å²) < 4.78 is 5.61. The van der Waals surface area contributed by atoms with E-state index in [0.29, 0.717) is 0 Å². The fourth-order valence-electron chi connectivity index (χ4n) is 2.24. The second kappa shape index (κ2) is 6.11. The molecule has 5 heteroatoms. The van der Waals surface area contributed by atoms with Crippen molar-refractivity contribution in [2.24, 2.45) is 0 Å². The molecule has 0 fully saturated rings. The van der Waals surface area contributed by atoms with E-state index >= 15 is 0 Å². The molecule has 0 amide bonds. The minimum Gasteiger partial charge on any atom is -0.442 e. The summed E-state index contributed by atoms with van der Waals surface area (Å²) in [6.45, 7) is 3.97. The number of nitrogens with one attached hydrogen (secondary N) is 1. The van der Waals surface area contributed by atoms with E-state index in [2.05, 4.69) is 23.3 Å². The van der Waals surface area contributed by atoms with Gasteiger partial charge in [0.1, 0.15) is 5.69 Å². The van der Waals surface area contributed by atoms with Gasteiger partial charge in [-0.3, -0.25) is 0 Å². The largest absolute Gasteiger partial charge is 0.442 e. The maximum atomic E-state index is 5.61. The van der Waals surface area contributed by atoms with Crippen molar-refractivity contribution in [3.05, 3.63) is 28.6 Å². The van der Waals surface area contributed by atoms with Crippen molar-refractivity contribution in [2.75, 3.05) is 12.3 Å². The molecule has 3 heterocycles. The molecule has 0 unspecified atom stereocenters. The third kappa shape index (κ3) is 2.88. The van der Waals surface area contributed by atoms with Crippen LogP contribution in [0.1, 0.15) is 29.5 Å². The van der Waals surface area contributed by atoms with E-state index < -0.39 is 0 Å². The van der Waals surface area contributed by atoms with Crippen LogP contribution in [0.25, 0.3) is 10.6 Å². The first-order valence-electron chi connectivity index (χ1n) is 6.71. The predicted molar refractivity (Wildman–Crippen MR) is 81.7 cm³/mol. The SMILES string of the molecule is CCCNCc1ncoc1-c1cc2c(s1)CCSC2. The van der Waals surface area contributed by atoms with E-state index in [4.69, 9.17) is 4.42 Å². The van der Waals surface area contributed by atoms with Gasteiger partial charge in [0.05, 0.1) is 4.88 Å². The van der Waals surface area contributed by atoms with E-state index in [-0.39, 0.29) is 0 Å². The van der Waals surface area contributed by atoms with Crippen LogP contribution >= 0.6 is 23.1 Å². The first-order valence-corrected chi connectivity index (χ1v) is 8.68. The van der Waals surface area contributed by atoms with E-state index in [0.717, 1.165) is 36.7 Å². The average molecular weight is 294 g/mol. The zero-order chi connectivity index (χ0) is 13.1. The van der Waals surface area contributed by atoms with Crippen molar-refractivity contribution in [3.63, 3.8) is 0 Å². The van der Waals surface area contributed by atoms with Gasteiger partial charge < -0.3 is 9.73 Å². The zero-order valence-electron chi connectivity index (χ0n) is 11.1. The van der Waals surface area contributed by atoms with Crippen molar-refractivity contribution in [1.29, 1.82) is 0 Å². The van der Waals surface area contributed by atoms with Gasteiger partial charge in [-0.1, -0.05) is 6.92 Å². The van der Waals surface area contributed by atoms with Crippen molar-refractivity contribution >= 4 is 23.1 Å². The Morgan fingerprint density at radius 2 is 2.42 bits per heavy atom. The quantitative estimate of drug-likeness (QED) is 0.854. The number of hydrogen-bond acceptors (Lipinski definition) is 5. The summed E-state index contributed by atoms with van der Waals surface area (Å²) in [6.07, 6.45) is 3.89. The molecular weight excluding hydrogens is 276 g/mol. The Hall–Kier alpha value is -0.780. The fraction of sp³-hybridized carbons (Fsp3) is 0.500. The number of oxazole rings is 1. The number of thiophene rings is 1. The van der Waals surface area contributed by atoms with Gasteiger partial charge in [-0.15, -0.1) is 11.3 Å². The fourth-order valence-corrected chi connectivity index (χ4v) is 4.62. The molecular formula is C14H18N2OS2. The Morgan fingerprint density at radius 3 is 3.26 bits per heavy atom. The Bertz CT molecular complexity index is 524. The molecule has 3 nitrogen and oxygen atoms in total. The highest BCUT2D eigenvalue weighted by Crippen LogP contribution is 2.37. The lowest BCUT2D eigenvalue weighted by molar-refractivity contribution is 0.570. The normalized spacial score (nSPS) is 14.6. The summed E-state index contributed by atoms with van der Waals surface area (Å²) in [4.78, 5) is 7.10. The summed E-state index contributed by atoms with van der Waals surface area (Å²) in [5.41, 5.74) is 2.51. The van der Waals surface area contributed by atoms with Gasteiger partial charge in [0.25, 0.3) is 0 Å². The summed E-state index contributed by atoms with van der Waals surface area (Å²) in [7, 11) is 0. The number of fused-ring (bicyclic) bond motifs is 1. The van der Waals surface area contributed by atoms with Gasteiger partial charge in [0.15, 0.2) is 12.2 Å². The van der Waals surface area contributed by atoms with Crippen LogP contribution in [0.2, 0.25) is 0 Å². The van der Waals surface area contributed by atoms with Crippen molar-refractivity contribution < 1.29 is 4.42 Å². The molecule has 2 aromatic heterocycles. The number of aryl methyl sites for hydroxylation is 1. The minimum absolute atomic E-state index is 0.789. The highest BCUT2D eigenvalue weighted by atomic mass is 32.2. The molecule has 1 aliphatic rings. The summed E-state index contributed by atoms with van der Waals surface area (Å²) in [5, 5.41) is 3.39. The van der Waals surface area contributed by atoms with E-state index in [1.807, 2.05) is 23.1 Å². The summed E-state index contributed by atoms with van der Waals surface area (Å²) in [5.74, 6) is 3.34. The monoisotopic (exact) mass is 294 g/mol. The van der Waals surface area contributed by atoms with Gasteiger partial charge >= 0.3 is 0 Å². The van der Waals surface area contributed by atoms with Crippen LogP contribution in [0, 0.1) is 0 Å². The lowest BCUT2D eigenvalue weighted by Crippen LogP contribution is -2.14. The molecule has 3 rings (SSSR count). The van der Waals surface area contributed by atoms with Crippen LogP contribution < -0.4 is 5.32 Å². The lowest BCUT2D eigenvalue weighted by atomic mass is 10.2. The molecule has 0 saturated heterocycles. The standard InChI is InChI=1S/C14H18N2OS2/c1-2-4-15-7-11-14(17-9-16-11)13-6-10-8-18-5-3-12(10)19-13/h6,9,15H,2-5,7-8H2,1H3. The Balaban J connectivity index is 1.81. The highest BCUT2D eigenvalue weighted by Gasteiger charge is 2.18. The average Bonchev–Trinajstić information content (AvgIpc) is 3.04. The third-order valence-corrected chi connectivity index (χ3v) is 5.46. The molecule has 0 radical (unpaired) electrons. The molecule has 0 saturated carbocycles. The van der Waals surface area contributed by atoms with Gasteiger partial charge in [0, 0.05) is 17.2 Å². The maximum absolute atomic E-state index is 5.61. The van der Waals surface area contributed by atoms with Crippen LogP contribution in [-0.2, 0) is 18.7 Å². The number of nitrogens with zero attached hydrogens (tertiary/aromatic N) is 1. The first kappa shape index (κ1) is 13.2. The van der Waals surface area contributed by atoms with E-state index in [1.54, 1.807) is 6.39 Å². The molecule has 0 aromatic carbocycles. The number of thioether (sulfide) groups is 1. The van der Waals surface area contributed by atoms with Crippen LogP contribution in [0.5, 0.6) is 0 Å². The molecule has 0 bridgehead atoms. The highest BCUT2D eigenvalue weighted by molar-refractivity contribution is 7.98. The molecule has 0 atom stereocenters. The number of hydrogen-bond donors (Lipinski definition) is 1. The summed E-state index contributed by atoms with van der Waals surface area (Å²) in [6, 6.07) is 2.29. The van der Waals surface area contributed by atoms with Crippen LogP contribution in [0.3, 0.4) is 0 Å². The lowest BCUT2D eigenvalue weighted by Gasteiger charge is -2.08. The second-order valence-corrected chi connectivity index (χ2v) is 6.91. The molecule has 2 aromatic rings. The van der Waals surface area contributed by atoms with Crippen molar-refractivity contribution in [2.45, 2.75) is 32.1 Å². The van der Waals surface area contributed by atoms with Gasteiger partial charge in [0.2, 0.25) is 0 Å². The van der Waals surface area contributed by atoms with Crippen LogP contribution in [-0.4, -0.2) is 17.3 Å². The maximum Gasteiger partial charge on any atom is 0.181 e. The topological polar surface area (TPSA) is 38.1 Å². The Labute approximate surface area is 121 Å². The molecule has 1 aliphatic heterocycles. The second-order valence-electron chi connectivity index (χ2n) is 4.67. The molecule has 1 N–H and O–H groups in total. The number of aromatic nitrogens is 1. The van der Waals surface area contributed by atoms with Gasteiger partial charge in [-0.25, -0.2) is 4.98 Å². The van der Waals surface area contributed by atoms with E-state index in [9.17, 15) is 0 Å². The summed E-state index contributed by atoms with van der Waals surface area (Å²) >= 11 is 3.89. The van der Waals surface area contributed by atoms with Crippen LogP contribution in [0.15, 0.2) is 16.9 Å². The van der Waals surface area contributed by atoms with Gasteiger partial charge in [-0.05, 0) is 36.8 Å². The molecule has 0 aliphatic carbocycles. The van der Waals surface area contributed by atoms with E-state index in [1.165, 1.54) is 27.5 Å². The molecule has 0 spiro atoms. The van der Waals surface area contributed by atoms with Crippen LogP contribution in [0.4, 0.5) is 0 Å². The number of rotatable bonds is 5. The first-order chi connectivity index (χ1) is 9.38. The van der Waals surface area contributed by atoms with Gasteiger partial charge in [-0.2, -0.15) is 11.8 Å². The molecule has 19 heavy (non-hydrogen) atoms. The van der Waals surface area contributed by atoms with Crippen molar-refractivity contribution in [1.82, 2.24) is 10.3 Å². The Morgan fingerprint density at radius 1 is 1.47 bits per heavy atom. The third-order valence-electron chi connectivity index (χ3n) is 3.21. The Kier molecular flexibility index (Phi) is 4.25.